The molecule has 0 aromatic carbocycles. The van der Waals surface area contributed by atoms with Gasteiger partial charge in [-0.15, -0.1) is 0 Å². The van der Waals surface area contributed by atoms with Crippen LogP contribution in [0, 0.1) is 5.92 Å². The molecular formula is C11H18O. The lowest BCUT2D eigenvalue weighted by Gasteiger charge is -2.04. The van der Waals surface area contributed by atoms with Crippen molar-refractivity contribution in [3.05, 3.63) is 11.6 Å². The molecule has 1 atom stereocenters. The maximum absolute atomic E-state index is 10.4. The third-order valence-electron chi connectivity index (χ3n) is 2.58. The number of hydrogen-bond acceptors (Lipinski definition) is 1. The van der Waals surface area contributed by atoms with Gasteiger partial charge in [0, 0.05) is 0 Å². The summed E-state index contributed by atoms with van der Waals surface area (Å²) in [5.74, 6) is 0.705. The molecule has 0 saturated heterocycles. The Hall–Kier alpha value is -0.590. The maximum Gasteiger partial charge on any atom is 0.145 e. The van der Waals surface area contributed by atoms with Crippen LogP contribution in [0.4, 0.5) is 0 Å². The van der Waals surface area contributed by atoms with Crippen LogP contribution < -0.4 is 0 Å². The Morgan fingerprint density at radius 1 is 1.58 bits per heavy atom. The predicted molar refractivity (Wildman–Crippen MR) is 51.0 cm³/mol. The summed E-state index contributed by atoms with van der Waals surface area (Å²) in [6.45, 7) is 2.22. The summed E-state index contributed by atoms with van der Waals surface area (Å²) < 4.78 is 0. The maximum atomic E-state index is 10.4. The number of rotatable bonds is 5. The van der Waals surface area contributed by atoms with Crippen LogP contribution >= 0.6 is 0 Å². The molecule has 1 nitrogen and oxygen atoms in total. The van der Waals surface area contributed by atoms with Crippen LogP contribution in [-0.4, -0.2) is 6.29 Å². The molecule has 0 N–H and O–H groups in total. The van der Waals surface area contributed by atoms with E-state index in [2.05, 4.69) is 13.0 Å². The van der Waals surface area contributed by atoms with E-state index in [9.17, 15) is 4.79 Å². The van der Waals surface area contributed by atoms with Gasteiger partial charge in [0.1, 0.15) is 6.29 Å². The molecule has 12 heavy (non-hydrogen) atoms. The Kier molecular flexibility index (Phi) is 4.06. The van der Waals surface area contributed by atoms with Crippen molar-refractivity contribution >= 4 is 6.29 Å². The third-order valence-corrected chi connectivity index (χ3v) is 2.58. The first-order chi connectivity index (χ1) is 5.86. The molecule has 1 heteroatoms. The number of unbranched alkanes of at least 4 members (excludes halogenated alkanes) is 2. The van der Waals surface area contributed by atoms with Crippen LogP contribution in [0.1, 0.15) is 45.4 Å². The van der Waals surface area contributed by atoms with E-state index in [1.54, 1.807) is 0 Å². The lowest BCUT2D eigenvalue weighted by Crippen LogP contribution is -1.90. The summed E-state index contributed by atoms with van der Waals surface area (Å²) in [7, 11) is 0. The van der Waals surface area contributed by atoms with Crippen LogP contribution in [-0.2, 0) is 4.79 Å². The van der Waals surface area contributed by atoms with Crippen molar-refractivity contribution in [3.8, 4) is 0 Å². The van der Waals surface area contributed by atoms with Gasteiger partial charge in [0.05, 0.1) is 0 Å². The van der Waals surface area contributed by atoms with E-state index >= 15 is 0 Å². The number of carbonyl (C=O) groups excluding carboxylic acids is 1. The Bertz CT molecular complexity index is 170. The van der Waals surface area contributed by atoms with Gasteiger partial charge in [0.25, 0.3) is 0 Å². The van der Waals surface area contributed by atoms with E-state index in [-0.39, 0.29) is 0 Å². The monoisotopic (exact) mass is 166 g/mol. The van der Waals surface area contributed by atoms with Crippen LogP contribution in [0.25, 0.3) is 0 Å². The molecule has 0 radical (unpaired) electrons. The van der Waals surface area contributed by atoms with Gasteiger partial charge in [-0.05, 0) is 30.8 Å². The van der Waals surface area contributed by atoms with Gasteiger partial charge >= 0.3 is 0 Å². The second-order valence-corrected chi connectivity index (χ2v) is 3.65. The molecule has 0 aromatic rings. The smallest absolute Gasteiger partial charge is 0.145 e. The van der Waals surface area contributed by atoms with Crippen LogP contribution in [0.3, 0.4) is 0 Å². The lowest BCUT2D eigenvalue weighted by atomic mass is 10.0. The highest BCUT2D eigenvalue weighted by Gasteiger charge is 2.14. The van der Waals surface area contributed by atoms with Gasteiger partial charge in [0.15, 0.2) is 0 Å². The van der Waals surface area contributed by atoms with Crippen molar-refractivity contribution in [3.63, 3.8) is 0 Å². The second kappa shape index (κ2) is 5.13. The van der Waals surface area contributed by atoms with Gasteiger partial charge in [-0.3, -0.25) is 4.79 Å². The minimum absolute atomic E-state index is 0.705. The molecule has 0 heterocycles. The highest BCUT2D eigenvalue weighted by atomic mass is 16.1. The summed E-state index contributed by atoms with van der Waals surface area (Å²) in [5, 5.41) is 0. The Balaban J connectivity index is 2.18. The van der Waals surface area contributed by atoms with E-state index in [0.717, 1.165) is 18.3 Å². The Morgan fingerprint density at radius 2 is 2.42 bits per heavy atom. The van der Waals surface area contributed by atoms with Crippen molar-refractivity contribution in [2.24, 2.45) is 5.92 Å². The first-order valence-corrected chi connectivity index (χ1v) is 5.02. The molecule has 68 valence electrons. The van der Waals surface area contributed by atoms with E-state index in [4.69, 9.17) is 0 Å². The molecule has 1 aliphatic rings. The van der Waals surface area contributed by atoms with Crippen LogP contribution in [0.5, 0.6) is 0 Å². The van der Waals surface area contributed by atoms with Crippen LogP contribution in [0.2, 0.25) is 0 Å². The lowest BCUT2D eigenvalue weighted by molar-refractivity contribution is -0.105. The van der Waals surface area contributed by atoms with Gasteiger partial charge in [-0.2, -0.15) is 0 Å². The molecule has 0 fully saturated rings. The molecule has 0 aromatic heterocycles. The van der Waals surface area contributed by atoms with Gasteiger partial charge in [-0.1, -0.05) is 32.3 Å². The number of hydrogen-bond donors (Lipinski definition) is 0. The zero-order chi connectivity index (χ0) is 8.81. The quantitative estimate of drug-likeness (QED) is 0.453. The fourth-order valence-electron chi connectivity index (χ4n) is 1.80. The van der Waals surface area contributed by atoms with Gasteiger partial charge < -0.3 is 0 Å². The third kappa shape index (κ3) is 2.80. The fraction of sp³-hybridized carbons (Fsp3) is 0.727. The summed E-state index contributed by atoms with van der Waals surface area (Å²) in [6.07, 6.45) is 10.6. The van der Waals surface area contributed by atoms with Gasteiger partial charge in [-0.25, -0.2) is 0 Å². The minimum atomic E-state index is 0.705. The Morgan fingerprint density at radius 3 is 3.00 bits per heavy atom. The highest BCUT2D eigenvalue weighted by Crippen LogP contribution is 2.26. The van der Waals surface area contributed by atoms with Crippen molar-refractivity contribution in [1.82, 2.24) is 0 Å². The molecule has 0 amide bonds. The van der Waals surface area contributed by atoms with Crippen molar-refractivity contribution < 1.29 is 4.79 Å². The standard InChI is InChI=1S/C11H18O/c1-2-3-4-5-10-6-7-11(8-10)9-12/h8-10H,2-7H2,1H3. The predicted octanol–water partition coefficient (Wildman–Crippen LogP) is 3.10. The molecule has 0 bridgehead atoms. The van der Waals surface area contributed by atoms with E-state index in [0.29, 0.717) is 5.92 Å². The van der Waals surface area contributed by atoms with E-state index in [1.165, 1.54) is 32.1 Å². The number of aldehydes is 1. The summed E-state index contributed by atoms with van der Waals surface area (Å²) in [6, 6.07) is 0. The summed E-state index contributed by atoms with van der Waals surface area (Å²) >= 11 is 0. The molecule has 1 unspecified atom stereocenters. The fourth-order valence-corrected chi connectivity index (χ4v) is 1.80. The molecular weight excluding hydrogens is 148 g/mol. The van der Waals surface area contributed by atoms with Crippen molar-refractivity contribution in [2.75, 3.05) is 0 Å². The minimum Gasteiger partial charge on any atom is -0.298 e. The average molecular weight is 166 g/mol. The molecule has 0 aliphatic heterocycles. The SMILES string of the molecule is CCCCCC1C=C(C=O)CC1. The molecule has 1 aliphatic carbocycles. The largest absolute Gasteiger partial charge is 0.298 e. The number of carbonyl (C=O) groups is 1. The van der Waals surface area contributed by atoms with Gasteiger partial charge in [0.2, 0.25) is 0 Å². The average Bonchev–Trinajstić information content (AvgIpc) is 2.53. The molecule has 0 saturated carbocycles. The zero-order valence-corrected chi connectivity index (χ0v) is 7.88. The molecule has 1 rings (SSSR count). The van der Waals surface area contributed by atoms with Crippen molar-refractivity contribution in [1.29, 1.82) is 0 Å². The van der Waals surface area contributed by atoms with Crippen molar-refractivity contribution in [2.45, 2.75) is 45.4 Å². The topological polar surface area (TPSA) is 17.1 Å². The second-order valence-electron chi connectivity index (χ2n) is 3.65. The summed E-state index contributed by atoms with van der Waals surface area (Å²) in [5.41, 5.74) is 1.02. The van der Waals surface area contributed by atoms with E-state index in [1.807, 2.05) is 0 Å². The Labute approximate surface area is 74.9 Å². The molecule has 0 spiro atoms. The normalized spacial score (nSPS) is 22.4. The first kappa shape index (κ1) is 9.50. The highest BCUT2D eigenvalue weighted by molar-refractivity contribution is 5.73. The first-order valence-electron chi connectivity index (χ1n) is 5.02. The number of allylic oxidation sites excluding steroid dienone is 2. The summed E-state index contributed by atoms with van der Waals surface area (Å²) in [4.78, 5) is 10.4. The zero-order valence-electron chi connectivity index (χ0n) is 7.88. The van der Waals surface area contributed by atoms with E-state index < -0.39 is 0 Å². The van der Waals surface area contributed by atoms with Crippen LogP contribution in [0.15, 0.2) is 11.6 Å².